The third-order valence-corrected chi connectivity index (χ3v) is 3.99. The lowest BCUT2D eigenvalue weighted by Crippen LogP contribution is -2.51. The van der Waals surface area contributed by atoms with E-state index in [9.17, 15) is 5.11 Å². The van der Waals surface area contributed by atoms with Crippen LogP contribution in [0.2, 0.25) is 0 Å². The first-order valence-corrected chi connectivity index (χ1v) is 6.09. The van der Waals surface area contributed by atoms with Crippen molar-refractivity contribution in [3.63, 3.8) is 0 Å². The summed E-state index contributed by atoms with van der Waals surface area (Å²) < 4.78 is 0. The smallest absolute Gasteiger partial charge is 0.0570 e. The Labute approximate surface area is 87.1 Å². The molecule has 2 aliphatic rings. The summed E-state index contributed by atoms with van der Waals surface area (Å²) in [5, 5.41) is 12.9. The predicted molar refractivity (Wildman–Crippen MR) is 58.1 cm³/mol. The number of aliphatic hydroxyl groups is 1. The summed E-state index contributed by atoms with van der Waals surface area (Å²) >= 11 is 0. The van der Waals surface area contributed by atoms with Crippen molar-refractivity contribution in [2.75, 3.05) is 0 Å². The minimum atomic E-state index is -0.0229. The number of hydrogen-bond acceptors (Lipinski definition) is 2. The van der Waals surface area contributed by atoms with Crippen LogP contribution < -0.4 is 5.32 Å². The molecular formula is C12H23NO. The van der Waals surface area contributed by atoms with Gasteiger partial charge in [0, 0.05) is 12.1 Å². The lowest BCUT2D eigenvalue weighted by atomic mass is 9.78. The maximum Gasteiger partial charge on any atom is 0.0570 e. The minimum Gasteiger partial charge on any atom is -0.393 e. The molecule has 0 aromatic heterocycles. The van der Waals surface area contributed by atoms with Gasteiger partial charge in [0.05, 0.1) is 6.10 Å². The summed E-state index contributed by atoms with van der Waals surface area (Å²) in [6, 6.07) is 1.31. The summed E-state index contributed by atoms with van der Waals surface area (Å²) in [5.41, 5.74) is 0. The van der Waals surface area contributed by atoms with E-state index >= 15 is 0 Å². The standard InChI is InChI=1S/C12H23NO/c1-8-3-4-12(9(2)5-8)13-10-6-11(14)7-10/h8-14H,3-7H2,1-2H3. The molecule has 82 valence electrons. The molecule has 2 rings (SSSR count). The second-order valence-electron chi connectivity index (χ2n) is 5.49. The van der Waals surface area contributed by atoms with Crippen LogP contribution in [0.1, 0.15) is 46.0 Å². The molecule has 2 saturated carbocycles. The highest BCUT2D eigenvalue weighted by atomic mass is 16.3. The Bertz CT molecular complexity index is 189. The molecule has 14 heavy (non-hydrogen) atoms. The SMILES string of the molecule is CC1CCC(NC2CC(O)C2)C(C)C1. The average Bonchev–Trinajstić information content (AvgIpc) is 2.06. The summed E-state index contributed by atoms with van der Waals surface area (Å²) in [6.07, 6.45) is 5.99. The lowest BCUT2D eigenvalue weighted by Gasteiger charge is -2.40. The van der Waals surface area contributed by atoms with Gasteiger partial charge in [-0.3, -0.25) is 0 Å². The molecule has 0 radical (unpaired) electrons. The summed E-state index contributed by atoms with van der Waals surface area (Å²) in [6.45, 7) is 4.72. The van der Waals surface area contributed by atoms with Crippen LogP contribution >= 0.6 is 0 Å². The van der Waals surface area contributed by atoms with Crippen molar-refractivity contribution in [2.24, 2.45) is 11.8 Å². The molecule has 2 heteroatoms. The second kappa shape index (κ2) is 4.19. The van der Waals surface area contributed by atoms with Gasteiger partial charge in [-0.15, -0.1) is 0 Å². The Morgan fingerprint density at radius 3 is 2.36 bits per heavy atom. The van der Waals surface area contributed by atoms with Crippen LogP contribution in [-0.4, -0.2) is 23.3 Å². The van der Waals surface area contributed by atoms with E-state index in [2.05, 4.69) is 19.2 Å². The third kappa shape index (κ3) is 2.29. The van der Waals surface area contributed by atoms with Crippen LogP contribution in [0.15, 0.2) is 0 Å². The quantitative estimate of drug-likeness (QED) is 0.709. The van der Waals surface area contributed by atoms with Gasteiger partial charge in [-0.05, 0) is 43.9 Å². The van der Waals surface area contributed by atoms with Crippen LogP contribution in [-0.2, 0) is 0 Å². The molecule has 3 atom stereocenters. The molecule has 2 N–H and O–H groups in total. The number of aliphatic hydroxyl groups excluding tert-OH is 1. The maximum atomic E-state index is 9.22. The zero-order valence-electron chi connectivity index (χ0n) is 9.37. The fraction of sp³-hybridized carbons (Fsp3) is 1.00. The van der Waals surface area contributed by atoms with Crippen molar-refractivity contribution >= 4 is 0 Å². The first-order chi connectivity index (χ1) is 6.65. The van der Waals surface area contributed by atoms with Gasteiger partial charge in [-0.25, -0.2) is 0 Å². The van der Waals surface area contributed by atoms with E-state index in [1.54, 1.807) is 0 Å². The van der Waals surface area contributed by atoms with Gasteiger partial charge in [0.25, 0.3) is 0 Å². The van der Waals surface area contributed by atoms with E-state index in [0.29, 0.717) is 12.1 Å². The van der Waals surface area contributed by atoms with Crippen LogP contribution in [0.25, 0.3) is 0 Å². The van der Waals surface area contributed by atoms with Gasteiger partial charge >= 0.3 is 0 Å². The molecule has 0 aromatic carbocycles. The maximum absolute atomic E-state index is 9.22. The van der Waals surface area contributed by atoms with E-state index in [-0.39, 0.29) is 6.10 Å². The van der Waals surface area contributed by atoms with E-state index in [0.717, 1.165) is 24.7 Å². The molecule has 0 spiro atoms. The number of hydrogen-bond donors (Lipinski definition) is 2. The van der Waals surface area contributed by atoms with Crippen molar-refractivity contribution in [3.05, 3.63) is 0 Å². The van der Waals surface area contributed by atoms with Gasteiger partial charge < -0.3 is 10.4 Å². The van der Waals surface area contributed by atoms with Gasteiger partial charge in [0.15, 0.2) is 0 Å². The zero-order chi connectivity index (χ0) is 10.1. The van der Waals surface area contributed by atoms with Crippen LogP contribution in [0, 0.1) is 11.8 Å². The largest absolute Gasteiger partial charge is 0.393 e. The van der Waals surface area contributed by atoms with Crippen molar-refractivity contribution < 1.29 is 5.11 Å². The summed E-state index contributed by atoms with van der Waals surface area (Å²) in [7, 11) is 0. The molecule has 0 amide bonds. The van der Waals surface area contributed by atoms with Crippen molar-refractivity contribution in [1.82, 2.24) is 5.32 Å². The third-order valence-electron chi connectivity index (χ3n) is 3.99. The zero-order valence-corrected chi connectivity index (χ0v) is 9.37. The Kier molecular flexibility index (Phi) is 3.13. The molecule has 3 unspecified atom stereocenters. The molecule has 0 aliphatic heterocycles. The highest BCUT2D eigenvalue weighted by molar-refractivity contribution is 4.90. The van der Waals surface area contributed by atoms with E-state index in [1.807, 2.05) is 0 Å². The Morgan fingerprint density at radius 2 is 1.79 bits per heavy atom. The highest BCUT2D eigenvalue weighted by Gasteiger charge is 2.32. The normalized spacial score (nSPS) is 48.6. The number of rotatable bonds is 2. The topological polar surface area (TPSA) is 32.3 Å². The molecule has 2 aliphatic carbocycles. The van der Waals surface area contributed by atoms with Gasteiger partial charge in [0.2, 0.25) is 0 Å². The first-order valence-electron chi connectivity index (χ1n) is 6.09. The second-order valence-corrected chi connectivity index (χ2v) is 5.49. The molecule has 0 bridgehead atoms. The van der Waals surface area contributed by atoms with Crippen LogP contribution in [0.5, 0.6) is 0 Å². The average molecular weight is 197 g/mol. The minimum absolute atomic E-state index is 0.0229. The molecule has 0 aromatic rings. The fourth-order valence-electron chi connectivity index (χ4n) is 2.94. The molecular weight excluding hydrogens is 174 g/mol. The van der Waals surface area contributed by atoms with Gasteiger partial charge in [-0.1, -0.05) is 13.8 Å². The van der Waals surface area contributed by atoms with Gasteiger partial charge in [0.1, 0.15) is 0 Å². The van der Waals surface area contributed by atoms with Crippen molar-refractivity contribution in [3.8, 4) is 0 Å². The van der Waals surface area contributed by atoms with Crippen molar-refractivity contribution in [1.29, 1.82) is 0 Å². The Hall–Kier alpha value is -0.0800. The molecule has 0 heterocycles. The molecule has 2 nitrogen and oxygen atoms in total. The van der Waals surface area contributed by atoms with Crippen LogP contribution in [0.3, 0.4) is 0 Å². The fourth-order valence-corrected chi connectivity index (χ4v) is 2.94. The first kappa shape index (κ1) is 10.4. The van der Waals surface area contributed by atoms with E-state index in [1.165, 1.54) is 19.3 Å². The monoisotopic (exact) mass is 197 g/mol. The summed E-state index contributed by atoms with van der Waals surface area (Å²) in [5.74, 6) is 1.73. The number of nitrogens with one attached hydrogen (secondary N) is 1. The van der Waals surface area contributed by atoms with Crippen molar-refractivity contribution in [2.45, 2.75) is 64.1 Å². The Balaban J connectivity index is 1.75. The Morgan fingerprint density at radius 1 is 1.07 bits per heavy atom. The van der Waals surface area contributed by atoms with Gasteiger partial charge in [-0.2, -0.15) is 0 Å². The highest BCUT2D eigenvalue weighted by Crippen LogP contribution is 2.30. The summed E-state index contributed by atoms with van der Waals surface area (Å²) in [4.78, 5) is 0. The molecule has 0 saturated heterocycles. The molecule has 2 fully saturated rings. The van der Waals surface area contributed by atoms with E-state index < -0.39 is 0 Å². The lowest BCUT2D eigenvalue weighted by molar-refractivity contribution is 0.0491. The van der Waals surface area contributed by atoms with Crippen LogP contribution in [0.4, 0.5) is 0 Å². The predicted octanol–water partition coefficient (Wildman–Crippen LogP) is 1.92. The van der Waals surface area contributed by atoms with E-state index in [4.69, 9.17) is 0 Å².